The lowest BCUT2D eigenvalue weighted by atomic mass is 9.61. The van der Waals surface area contributed by atoms with Crippen LogP contribution in [0.15, 0.2) is 12.1 Å². The van der Waals surface area contributed by atoms with Crippen LogP contribution in [0.2, 0.25) is 0 Å². The van der Waals surface area contributed by atoms with Crippen molar-refractivity contribution < 1.29 is 9.90 Å². The molecule has 3 atom stereocenters. The monoisotopic (exact) mass is 291 g/mol. The molecule has 1 fully saturated rings. The third-order valence-electron chi connectivity index (χ3n) is 5.07. The van der Waals surface area contributed by atoms with E-state index in [4.69, 9.17) is 5.73 Å². The molecule has 4 N–H and O–H groups in total. The summed E-state index contributed by atoms with van der Waals surface area (Å²) in [6, 6.07) is 3.38. The minimum atomic E-state index is -0.179. The van der Waals surface area contributed by atoms with E-state index in [0.717, 1.165) is 18.5 Å². The lowest BCUT2D eigenvalue weighted by molar-refractivity contribution is -0.127. The van der Waals surface area contributed by atoms with Gasteiger partial charge in [0.1, 0.15) is 0 Å². The predicted molar refractivity (Wildman–Crippen MR) is 82.9 cm³/mol. The minimum absolute atomic E-state index is 0.00712. The van der Waals surface area contributed by atoms with Gasteiger partial charge in [-0.05, 0) is 43.2 Å². The van der Waals surface area contributed by atoms with E-state index in [-0.39, 0.29) is 40.8 Å². The van der Waals surface area contributed by atoms with Gasteiger partial charge in [0.05, 0.1) is 0 Å². The first kappa shape index (κ1) is 15.8. The van der Waals surface area contributed by atoms with Gasteiger partial charge in [-0.2, -0.15) is 0 Å². The van der Waals surface area contributed by atoms with Crippen LogP contribution < -0.4 is 11.1 Å². The Balaban J connectivity index is 2.18. The topological polar surface area (TPSA) is 88.2 Å². The fraction of sp³-hybridized carbons (Fsp3) is 0.625. The first-order chi connectivity index (χ1) is 9.73. The molecule has 116 valence electrons. The van der Waals surface area contributed by atoms with Gasteiger partial charge in [0.25, 0.3) is 0 Å². The second-order valence-corrected chi connectivity index (χ2v) is 6.71. The third-order valence-corrected chi connectivity index (χ3v) is 5.07. The quantitative estimate of drug-likeness (QED) is 0.781. The van der Waals surface area contributed by atoms with Gasteiger partial charge in [-0.15, -0.1) is 0 Å². The van der Waals surface area contributed by atoms with Crippen LogP contribution >= 0.6 is 0 Å². The second-order valence-electron chi connectivity index (χ2n) is 6.71. The number of aromatic hydroxyl groups is 1. The molecule has 1 heterocycles. The van der Waals surface area contributed by atoms with Crippen molar-refractivity contribution in [3.63, 3.8) is 0 Å². The Morgan fingerprint density at radius 2 is 2.10 bits per heavy atom. The molecular formula is C16H25N3O2. The van der Waals surface area contributed by atoms with Crippen molar-refractivity contribution in [2.75, 3.05) is 5.32 Å². The summed E-state index contributed by atoms with van der Waals surface area (Å²) in [6.07, 6.45) is 1.60. The van der Waals surface area contributed by atoms with Crippen molar-refractivity contribution in [3.05, 3.63) is 17.8 Å². The molecule has 1 saturated carbocycles. The molecule has 1 aliphatic rings. The van der Waals surface area contributed by atoms with Crippen LogP contribution in [0.5, 0.6) is 5.75 Å². The van der Waals surface area contributed by atoms with Gasteiger partial charge in [-0.3, -0.25) is 4.79 Å². The maximum atomic E-state index is 12.6. The summed E-state index contributed by atoms with van der Waals surface area (Å²) in [5.74, 6) is 0.271. The second kappa shape index (κ2) is 5.64. The third kappa shape index (κ3) is 3.02. The normalized spacial score (nSPS) is 28.1. The Morgan fingerprint density at radius 3 is 2.76 bits per heavy atom. The predicted octanol–water partition coefficient (Wildman–Crippen LogP) is 2.43. The van der Waals surface area contributed by atoms with Gasteiger partial charge in [0.15, 0.2) is 11.6 Å². The summed E-state index contributed by atoms with van der Waals surface area (Å²) in [4.78, 5) is 16.8. The fourth-order valence-electron chi connectivity index (χ4n) is 3.16. The molecule has 1 amide bonds. The smallest absolute Gasteiger partial charge is 0.229 e. The van der Waals surface area contributed by atoms with E-state index < -0.39 is 0 Å². The van der Waals surface area contributed by atoms with Gasteiger partial charge in [-0.1, -0.05) is 20.8 Å². The van der Waals surface area contributed by atoms with E-state index in [0.29, 0.717) is 0 Å². The molecule has 0 aliphatic heterocycles. The van der Waals surface area contributed by atoms with Crippen molar-refractivity contribution >= 4 is 11.7 Å². The van der Waals surface area contributed by atoms with E-state index in [1.807, 2.05) is 6.92 Å². The van der Waals surface area contributed by atoms with Crippen molar-refractivity contribution in [2.24, 2.45) is 23.0 Å². The fourth-order valence-corrected chi connectivity index (χ4v) is 3.16. The highest BCUT2D eigenvalue weighted by Gasteiger charge is 2.45. The highest BCUT2D eigenvalue weighted by molar-refractivity contribution is 5.93. The number of aromatic nitrogens is 1. The number of rotatable bonds is 2. The largest absolute Gasteiger partial charge is 0.504 e. The number of hydrogen-bond acceptors (Lipinski definition) is 4. The Bertz CT molecular complexity index is 542. The van der Waals surface area contributed by atoms with Gasteiger partial charge in [-0.25, -0.2) is 4.98 Å². The molecule has 2 rings (SSSR count). The number of amides is 1. The number of carbonyl (C=O) groups is 1. The number of nitrogens with zero attached hydrogens (tertiary/aromatic N) is 1. The number of aryl methyl sites for hydroxylation is 1. The maximum absolute atomic E-state index is 12.6. The Hall–Kier alpha value is -1.62. The van der Waals surface area contributed by atoms with Gasteiger partial charge in [0, 0.05) is 17.7 Å². The molecule has 0 radical (unpaired) electrons. The highest BCUT2D eigenvalue weighted by Crippen LogP contribution is 2.44. The summed E-state index contributed by atoms with van der Waals surface area (Å²) in [5.41, 5.74) is 6.70. The Labute approximate surface area is 126 Å². The van der Waals surface area contributed by atoms with Crippen molar-refractivity contribution in [2.45, 2.75) is 46.6 Å². The van der Waals surface area contributed by atoms with Crippen molar-refractivity contribution in [1.82, 2.24) is 4.98 Å². The number of pyridine rings is 1. The first-order valence-electron chi connectivity index (χ1n) is 7.46. The molecule has 0 aromatic carbocycles. The van der Waals surface area contributed by atoms with Crippen LogP contribution in [0.4, 0.5) is 5.82 Å². The zero-order valence-electron chi connectivity index (χ0n) is 13.2. The molecule has 5 nitrogen and oxygen atoms in total. The summed E-state index contributed by atoms with van der Waals surface area (Å²) < 4.78 is 0. The van der Waals surface area contributed by atoms with Gasteiger partial charge in [0.2, 0.25) is 5.91 Å². The summed E-state index contributed by atoms with van der Waals surface area (Å²) in [6.45, 7) is 8.10. The van der Waals surface area contributed by atoms with E-state index in [9.17, 15) is 9.90 Å². The van der Waals surface area contributed by atoms with Crippen LogP contribution in [-0.4, -0.2) is 22.0 Å². The molecule has 0 bridgehead atoms. The molecular weight excluding hydrogens is 266 g/mol. The van der Waals surface area contributed by atoms with E-state index >= 15 is 0 Å². The average Bonchev–Trinajstić information content (AvgIpc) is 2.40. The molecule has 21 heavy (non-hydrogen) atoms. The summed E-state index contributed by atoms with van der Waals surface area (Å²) in [7, 11) is 0. The van der Waals surface area contributed by atoms with Crippen LogP contribution in [-0.2, 0) is 4.79 Å². The molecule has 3 unspecified atom stereocenters. The Kier molecular flexibility index (Phi) is 4.23. The standard InChI is InChI=1S/C16H25N3O2/c1-9-5-8-13(20)14(18-9)19-15(21)11-6-7-12(17)10(2)16(11,3)4/h5,8,10-12,20H,6-7,17H2,1-4H3,(H,18,19,21). The maximum Gasteiger partial charge on any atom is 0.229 e. The molecule has 1 aromatic heterocycles. The van der Waals surface area contributed by atoms with Crippen LogP contribution in [0.3, 0.4) is 0 Å². The van der Waals surface area contributed by atoms with Crippen LogP contribution in [0.1, 0.15) is 39.3 Å². The van der Waals surface area contributed by atoms with E-state index in [1.165, 1.54) is 0 Å². The van der Waals surface area contributed by atoms with Crippen molar-refractivity contribution in [3.8, 4) is 5.75 Å². The zero-order chi connectivity index (χ0) is 15.8. The van der Waals surface area contributed by atoms with Gasteiger partial charge < -0.3 is 16.2 Å². The number of nitrogens with one attached hydrogen (secondary N) is 1. The Morgan fingerprint density at radius 1 is 1.43 bits per heavy atom. The molecule has 1 aliphatic carbocycles. The number of carbonyl (C=O) groups excluding carboxylic acids is 1. The molecule has 1 aromatic rings. The number of anilines is 1. The highest BCUT2D eigenvalue weighted by atomic mass is 16.3. The zero-order valence-corrected chi connectivity index (χ0v) is 13.2. The number of hydrogen-bond donors (Lipinski definition) is 3. The molecule has 0 spiro atoms. The lowest BCUT2D eigenvalue weighted by Gasteiger charge is -2.45. The van der Waals surface area contributed by atoms with E-state index in [2.05, 4.69) is 31.1 Å². The van der Waals surface area contributed by atoms with Crippen LogP contribution in [0, 0.1) is 24.2 Å². The summed E-state index contributed by atoms with van der Waals surface area (Å²) in [5, 5.41) is 12.6. The van der Waals surface area contributed by atoms with Gasteiger partial charge >= 0.3 is 0 Å². The summed E-state index contributed by atoms with van der Waals surface area (Å²) >= 11 is 0. The average molecular weight is 291 g/mol. The first-order valence-corrected chi connectivity index (χ1v) is 7.46. The van der Waals surface area contributed by atoms with Crippen LogP contribution in [0.25, 0.3) is 0 Å². The lowest BCUT2D eigenvalue weighted by Crippen LogP contribution is -2.50. The minimum Gasteiger partial charge on any atom is -0.504 e. The molecule has 5 heteroatoms. The van der Waals surface area contributed by atoms with E-state index in [1.54, 1.807) is 12.1 Å². The SMILES string of the molecule is Cc1ccc(O)c(NC(=O)C2CCC(N)C(C)C2(C)C)n1. The molecule has 0 saturated heterocycles. The van der Waals surface area contributed by atoms with Crippen molar-refractivity contribution in [1.29, 1.82) is 0 Å². The number of nitrogens with two attached hydrogens (primary N) is 1.